The van der Waals surface area contributed by atoms with Gasteiger partial charge in [-0.05, 0) is 6.42 Å². The molecule has 7 nitrogen and oxygen atoms in total. The number of aliphatic hydroxyl groups is 4. The molecule has 1 aliphatic heterocycles. The first-order valence-corrected chi connectivity index (χ1v) is 7.18. The lowest BCUT2D eigenvalue weighted by Gasteiger charge is -2.38. The van der Waals surface area contributed by atoms with Crippen LogP contribution in [-0.4, -0.2) is 68.9 Å². The van der Waals surface area contributed by atoms with Crippen LogP contribution in [0.3, 0.4) is 0 Å². The Bertz CT molecular complexity index is 278. The summed E-state index contributed by atoms with van der Waals surface area (Å²) in [6.07, 6.45) is -7.12. The molecule has 0 aromatic heterocycles. The number of aliphatic hydroxyl groups excluding tert-OH is 4. The van der Waals surface area contributed by atoms with Gasteiger partial charge in [0, 0.05) is 12.8 Å². The Hall–Kier alpha value is -0.0100. The van der Waals surface area contributed by atoms with E-state index in [9.17, 15) is 25.0 Å². The summed E-state index contributed by atoms with van der Waals surface area (Å²) in [5, 5.41) is 37.2. The van der Waals surface area contributed by atoms with Crippen LogP contribution < -0.4 is 0 Å². The molecule has 1 fully saturated rings. The van der Waals surface area contributed by atoms with Crippen molar-refractivity contribution in [3.05, 3.63) is 0 Å². The van der Waals surface area contributed by atoms with Gasteiger partial charge >= 0.3 is 0 Å². The molecule has 0 radical (unpaired) electrons. The van der Waals surface area contributed by atoms with Gasteiger partial charge in [-0.2, -0.15) is 0 Å². The van der Waals surface area contributed by atoms with Crippen molar-refractivity contribution in [1.29, 1.82) is 0 Å². The summed E-state index contributed by atoms with van der Waals surface area (Å²) in [5.41, 5.74) is 0. The van der Waals surface area contributed by atoms with Gasteiger partial charge in [0.1, 0.15) is 18.3 Å². The third-order valence-corrected chi connectivity index (χ3v) is 3.60. The van der Waals surface area contributed by atoms with Crippen LogP contribution in [0.25, 0.3) is 0 Å². The predicted octanol–water partition coefficient (Wildman–Crippen LogP) is -1.92. The molecule has 0 aromatic rings. The smallest absolute Gasteiger partial charge is 0.197 e. The SMILES string of the molecule is CP(=O)(O)CCC1O[C@H](O)[C@@H](O)C(O)[C@@H]1O. The van der Waals surface area contributed by atoms with Gasteiger partial charge in [0.25, 0.3) is 0 Å². The van der Waals surface area contributed by atoms with E-state index in [-0.39, 0.29) is 12.6 Å². The minimum atomic E-state index is -3.23. The fraction of sp³-hybridized carbons (Fsp3) is 1.00. The maximum atomic E-state index is 11.0. The first-order valence-electron chi connectivity index (χ1n) is 4.89. The van der Waals surface area contributed by atoms with Gasteiger partial charge in [0.15, 0.2) is 13.7 Å². The van der Waals surface area contributed by atoms with Gasteiger partial charge in [-0.25, -0.2) is 0 Å². The molecule has 16 heavy (non-hydrogen) atoms. The van der Waals surface area contributed by atoms with Crippen LogP contribution in [0.5, 0.6) is 0 Å². The van der Waals surface area contributed by atoms with Gasteiger partial charge < -0.3 is 30.1 Å². The van der Waals surface area contributed by atoms with Gasteiger partial charge in [-0.15, -0.1) is 0 Å². The Morgan fingerprint density at radius 1 is 1.12 bits per heavy atom. The van der Waals surface area contributed by atoms with Crippen LogP contribution in [-0.2, 0) is 9.30 Å². The fourth-order valence-electron chi connectivity index (χ4n) is 1.54. The van der Waals surface area contributed by atoms with E-state index in [2.05, 4.69) is 0 Å². The summed E-state index contributed by atoms with van der Waals surface area (Å²) in [6.45, 7) is 1.17. The summed E-state index contributed by atoms with van der Waals surface area (Å²) in [6, 6.07) is 0. The van der Waals surface area contributed by atoms with Gasteiger partial charge in [0.2, 0.25) is 0 Å². The minimum Gasteiger partial charge on any atom is -0.388 e. The van der Waals surface area contributed by atoms with Gasteiger partial charge in [0.05, 0.1) is 6.10 Å². The zero-order chi connectivity index (χ0) is 12.5. The van der Waals surface area contributed by atoms with Crippen LogP contribution in [0, 0.1) is 0 Å². The summed E-state index contributed by atoms with van der Waals surface area (Å²) < 4.78 is 15.9. The molecule has 5 N–H and O–H groups in total. The number of rotatable bonds is 3. The van der Waals surface area contributed by atoms with E-state index in [1.54, 1.807) is 0 Å². The second-order valence-electron chi connectivity index (χ2n) is 4.10. The van der Waals surface area contributed by atoms with Crippen molar-refractivity contribution in [2.75, 3.05) is 12.8 Å². The van der Waals surface area contributed by atoms with Gasteiger partial charge in [-0.3, -0.25) is 4.57 Å². The topological polar surface area (TPSA) is 127 Å². The van der Waals surface area contributed by atoms with Crippen LogP contribution >= 0.6 is 7.37 Å². The highest BCUT2D eigenvalue weighted by atomic mass is 31.2. The summed E-state index contributed by atoms with van der Waals surface area (Å²) in [4.78, 5) is 9.06. The third kappa shape index (κ3) is 3.49. The maximum Gasteiger partial charge on any atom is 0.197 e. The quantitative estimate of drug-likeness (QED) is 0.372. The van der Waals surface area contributed by atoms with Crippen LogP contribution in [0.15, 0.2) is 0 Å². The molecule has 0 aliphatic carbocycles. The van der Waals surface area contributed by atoms with E-state index < -0.39 is 38.1 Å². The molecule has 1 aliphatic rings. The summed E-state index contributed by atoms with van der Waals surface area (Å²) in [7, 11) is -3.23. The Morgan fingerprint density at radius 3 is 2.19 bits per heavy atom. The van der Waals surface area contributed by atoms with Crippen LogP contribution in [0.2, 0.25) is 0 Å². The number of hydrogen-bond acceptors (Lipinski definition) is 6. The van der Waals surface area contributed by atoms with E-state index in [4.69, 9.17) is 9.63 Å². The first-order chi connectivity index (χ1) is 7.22. The Labute approximate surface area is 92.7 Å². The molecular formula is C8H17O7P. The lowest BCUT2D eigenvalue weighted by molar-refractivity contribution is -0.281. The Kier molecular flexibility index (Phi) is 4.48. The maximum absolute atomic E-state index is 11.0. The summed E-state index contributed by atoms with van der Waals surface area (Å²) in [5.74, 6) is 0. The molecule has 0 amide bonds. The molecule has 6 atom stereocenters. The minimum absolute atomic E-state index is 0.0201. The van der Waals surface area contributed by atoms with Crippen molar-refractivity contribution < 1.29 is 34.6 Å². The lowest BCUT2D eigenvalue weighted by Crippen LogP contribution is -2.57. The average molecular weight is 256 g/mol. The third-order valence-electron chi connectivity index (χ3n) is 2.52. The molecule has 8 heteroatoms. The van der Waals surface area contributed by atoms with E-state index >= 15 is 0 Å². The van der Waals surface area contributed by atoms with Crippen molar-refractivity contribution in [3.63, 3.8) is 0 Å². The lowest BCUT2D eigenvalue weighted by atomic mass is 9.97. The molecule has 1 saturated heterocycles. The average Bonchev–Trinajstić information content (AvgIpc) is 2.17. The molecule has 96 valence electrons. The standard InChI is InChI=1S/C8H17O7P/c1-16(13,14)3-2-4-5(9)6(10)7(11)8(12)15-4/h4-12H,2-3H2,1H3,(H,13,14)/t4?,5-,6?,7+,8+/m1/s1. The molecule has 3 unspecified atom stereocenters. The molecule has 0 spiro atoms. The van der Waals surface area contributed by atoms with Gasteiger partial charge in [-0.1, -0.05) is 0 Å². The van der Waals surface area contributed by atoms with E-state index in [1.807, 2.05) is 0 Å². The van der Waals surface area contributed by atoms with Crippen LogP contribution in [0.1, 0.15) is 6.42 Å². The second-order valence-corrected chi connectivity index (χ2v) is 6.65. The first kappa shape index (κ1) is 14.1. The zero-order valence-electron chi connectivity index (χ0n) is 8.80. The van der Waals surface area contributed by atoms with Crippen LogP contribution in [0.4, 0.5) is 0 Å². The monoisotopic (exact) mass is 256 g/mol. The largest absolute Gasteiger partial charge is 0.388 e. The number of hydrogen-bond donors (Lipinski definition) is 5. The van der Waals surface area contributed by atoms with Crippen molar-refractivity contribution in [3.8, 4) is 0 Å². The second kappa shape index (κ2) is 5.10. The molecule has 0 saturated carbocycles. The van der Waals surface area contributed by atoms with Crippen molar-refractivity contribution in [2.24, 2.45) is 0 Å². The predicted molar refractivity (Wildman–Crippen MR) is 54.1 cm³/mol. The highest BCUT2D eigenvalue weighted by Crippen LogP contribution is 2.37. The van der Waals surface area contributed by atoms with E-state index in [1.165, 1.54) is 6.66 Å². The van der Waals surface area contributed by atoms with Crippen molar-refractivity contribution in [1.82, 2.24) is 0 Å². The van der Waals surface area contributed by atoms with E-state index in [0.29, 0.717) is 0 Å². The van der Waals surface area contributed by atoms with E-state index in [0.717, 1.165) is 0 Å². The molecule has 1 heterocycles. The summed E-state index contributed by atoms with van der Waals surface area (Å²) >= 11 is 0. The Balaban J connectivity index is 2.57. The van der Waals surface area contributed by atoms with Crippen molar-refractivity contribution in [2.45, 2.75) is 37.1 Å². The number of ether oxygens (including phenoxy) is 1. The molecule has 1 rings (SSSR count). The zero-order valence-corrected chi connectivity index (χ0v) is 9.70. The molecular weight excluding hydrogens is 239 g/mol. The highest BCUT2D eigenvalue weighted by Gasteiger charge is 2.42. The molecule has 0 aromatic carbocycles. The molecule has 0 bridgehead atoms. The highest BCUT2D eigenvalue weighted by molar-refractivity contribution is 7.57. The van der Waals surface area contributed by atoms with Crippen molar-refractivity contribution >= 4 is 7.37 Å². The Morgan fingerprint density at radius 2 is 1.69 bits per heavy atom. The normalized spacial score (nSPS) is 44.0. The fourth-order valence-corrected chi connectivity index (χ4v) is 2.27.